The minimum absolute atomic E-state index is 0.141. The highest BCUT2D eigenvalue weighted by atomic mass is 16.5. The molecule has 1 aliphatic carbocycles. The summed E-state index contributed by atoms with van der Waals surface area (Å²) in [5.41, 5.74) is 2.23. The summed E-state index contributed by atoms with van der Waals surface area (Å²) in [6, 6.07) is 4.01. The van der Waals surface area contributed by atoms with Crippen LogP contribution in [0.2, 0.25) is 0 Å². The number of carbonyl (C=O) groups is 3. The highest BCUT2D eigenvalue weighted by molar-refractivity contribution is 5.90. The fourth-order valence-electron chi connectivity index (χ4n) is 5.21. The number of carboxylic acid groups (broad SMARTS) is 1. The van der Waals surface area contributed by atoms with Crippen molar-refractivity contribution in [3.8, 4) is 5.75 Å². The van der Waals surface area contributed by atoms with Gasteiger partial charge in [-0.1, -0.05) is 52.5 Å². The third kappa shape index (κ3) is 9.56. The average Bonchev–Trinajstić information content (AvgIpc) is 3.66. The van der Waals surface area contributed by atoms with Gasteiger partial charge >= 0.3 is 12.1 Å². The van der Waals surface area contributed by atoms with E-state index in [-0.39, 0.29) is 11.5 Å². The lowest BCUT2D eigenvalue weighted by Gasteiger charge is -2.34. The van der Waals surface area contributed by atoms with Crippen molar-refractivity contribution in [1.82, 2.24) is 20.2 Å². The molecule has 43 heavy (non-hydrogen) atoms. The third-order valence-corrected chi connectivity index (χ3v) is 7.88. The van der Waals surface area contributed by atoms with Gasteiger partial charge in [-0.3, -0.25) is 9.59 Å². The molecule has 0 spiro atoms. The van der Waals surface area contributed by atoms with Gasteiger partial charge in [-0.15, -0.1) is 0 Å². The quantitative estimate of drug-likeness (QED) is 0.251. The highest BCUT2D eigenvalue weighted by Crippen LogP contribution is 2.34. The Hall–Kier alpha value is -3.89. The summed E-state index contributed by atoms with van der Waals surface area (Å²) in [7, 11) is 2.89. The summed E-state index contributed by atoms with van der Waals surface area (Å²) in [6.45, 7) is 7.72. The van der Waals surface area contributed by atoms with Crippen molar-refractivity contribution in [2.24, 2.45) is 11.3 Å². The number of aromatic nitrogens is 2. The molecule has 2 atom stereocenters. The molecule has 2 aliphatic rings. The van der Waals surface area contributed by atoms with Crippen LogP contribution < -0.4 is 15.6 Å². The van der Waals surface area contributed by atoms with Gasteiger partial charge in [0, 0.05) is 12.6 Å². The summed E-state index contributed by atoms with van der Waals surface area (Å²) in [6.07, 6.45) is 9.84. The van der Waals surface area contributed by atoms with E-state index in [1.54, 1.807) is 33.9 Å². The number of methoxy groups -OCH3 is 2. The zero-order valence-electron chi connectivity index (χ0n) is 26.2. The number of hydrogen-bond acceptors (Lipinski definition) is 7. The first-order valence-electron chi connectivity index (χ1n) is 15.0. The van der Waals surface area contributed by atoms with Crippen LogP contribution >= 0.6 is 0 Å². The highest BCUT2D eigenvalue weighted by Gasteiger charge is 2.42. The van der Waals surface area contributed by atoms with Gasteiger partial charge in [-0.05, 0) is 61.6 Å². The third-order valence-electron chi connectivity index (χ3n) is 7.88. The second-order valence-corrected chi connectivity index (χ2v) is 12.4. The fraction of sp³-hybridized carbons (Fsp3) is 0.594. The number of benzene rings is 1. The van der Waals surface area contributed by atoms with E-state index >= 15 is 0 Å². The summed E-state index contributed by atoms with van der Waals surface area (Å²) in [5.74, 6) is 0.874. The van der Waals surface area contributed by atoms with E-state index in [1.165, 1.54) is 44.1 Å². The number of aromatic amines is 1. The van der Waals surface area contributed by atoms with Crippen molar-refractivity contribution in [3.05, 3.63) is 40.3 Å². The number of nitrogens with one attached hydrogen (secondary N) is 2. The van der Waals surface area contributed by atoms with Crippen LogP contribution in [-0.2, 0) is 14.3 Å². The van der Waals surface area contributed by atoms with Crippen molar-refractivity contribution in [2.75, 3.05) is 20.8 Å². The second kappa shape index (κ2) is 15.0. The molecule has 4 rings (SSSR count). The van der Waals surface area contributed by atoms with E-state index in [0.717, 1.165) is 23.4 Å². The van der Waals surface area contributed by atoms with Crippen molar-refractivity contribution in [2.45, 2.75) is 91.1 Å². The molecule has 1 saturated carbocycles. The zero-order chi connectivity index (χ0) is 31.7. The summed E-state index contributed by atoms with van der Waals surface area (Å²) in [4.78, 5) is 56.2. The Kier molecular flexibility index (Phi) is 11.7. The monoisotopic (exact) mass is 598 g/mol. The number of carbonyl (C=O) groups excluding carboxylic acids is 2. The molecule has 2 heterocycles. The maximum absolute atomic E-state index is 12.6. The molecule has 2 amide bonds. The normalized spacial score (nSPS) is 17.6. The minimum atomic E-state index is -1.26. The van der Waals surface area contributed by atoms with Gasteiger partial charge in [-0.2, -0.15) is 0 Å². The van der Waals surface area contributed by atoms with Crippen LogP contribution in [-0.4, -0.2) is 70.8 Å². The molecule has 0 bridgehead atoms. The molecule has 0 radical (unpaired) electrons. The van der Waals surface area contributed by atoms with E-state index in [1.807, 2.05) is 19.1 Å². The first kappa shape index (κ1) is 33.6. The SMILES string of the molecule is COC(=O)C1CCCN1C(=O)C(NC(=O)O)C(C)(C)C.COc1ccc2nc(/C(C)=C/CCCCC3CC3)c(=O)[nH]c2c1. The van der Waals surface area contributed by atoms with Crippen molar-refractivity contribution >= 4 is 34.6 Å². The Morgan fingerprint density at radius 3 is 2.51 bits per heavy atom. The number of fused-ring (bicyclic) bond motifs is 1. The Balaban J connectivity index is 0.000000238. The van der Waals surface area contributed by atoms with Crippen LogP contribution in [0.25, 0.3) is 16.6 Å². The maximum atomic E-state index is 12.6. The molecule has 11 heteroatoms. The molecule has 1 aliphatic heterocycles. The number of unbranched alkanes of at least 4 members (excludes halogenated alkanes) is 2. The molecule has 236 valence electrons. The predicted molar refractivity (Wildman–Crippen MR) is 165 cm³/mol. The number of nitrogens with zero attached hydrogens (tertiary/aromatic N) is 2. The van der Waals surface area contributed by atoms with Crippen LogP contribution in [0, 0.1) is 11.3 Å². The summed E-state index contributed by atoms with van der Waals surface area (Å²) >= 11 is 0. The van der Waals surface area contributed by atoms with Gasteiger partial charge in [-0.25, -0.2) is 14.6 Å². The molecule has 2 aromatic rings. The number of H-pyrrole nitrogens is 1. The number of amides is 2. The Labute approximate surface area is 253 Å². The number of allylic oxidation sites excluding steroid dienone is 2. The van der Waals surface area contributed by atoms with E-state index in [0.29, 0.717) is 36.3 Å². The number of hydrogen-bond donors (Lipinski definition) is 3. The van der Waals surface area contributed by atoms with Crippen LogP contribution in [0.1, 0.15) is 84.8 Å². The maximum Gasteiger partial charge on any atom is 0.405 e. The number of likely N-dealkylation sites (tertiary alicyclic amines) is 1. The van der Waals surface area contributed by atoms with Crippen molar-refractivity contribution in [3.63, 3.8) is 0 Å². The van der Waals surface area contributed by atoms with Gasteiger partial charge in [0.15, 0.2) is 0 Å². The average molecular weight is 599 g/mol. The van der Waals surface area contributed by atoms with Crippen LogP contribution in [0.5, 0.6) is 5.75 Å². The molecule has 1 aromatic carbocycles. The number of ether oxygens (including phenoxy) is 2. The Bertz CT molecular complexity index is 1370. The lowest BCUT2D eigenvalue weighted by atomic mass is 9.85. The lowest BCUT2D eigenvalue weighted by Crippen LogP contribution is -2.56. The van der Waals surface area contributed by atoms with Gasteiger partial charge in [0.1, 0.15) is 23.5 Å². The summed E-state index contributed by atoms with van der Waals surface area (Å²) < 4.78 is 9.87. The molecule has 1 saturated heterocycles. The topological polar surface area (TPSA) is 151 Å². The van der Waals surface area contributed by atoms with Gasteiger partial charge in [0.2, 0.25) is 5.91 Å². The van der Waals surface area contributed by atoms with E-state index in [4.69, 9.17) is 14.6 Å². The Morgan fingerprint density at radius 2 is 1.91 bits per heavy atom. The Morgan fingerprint density at radius 1 is 1.19 bits per heavy atom. The first-order valence-corrected chi connectivity index (χ1v) is 15.0. The molecule has 11 nitrogen and oxygen atoms in total. The second-order valence-electron chi connectivity index (χ2n) is 12.4. The molecular weight excluding hydrogens is 552 g/mol. The van der Waals surface area contributed by atoms with Gasteiger partial charge in [0.25, 0.3) is 5.56 Å². The standard InChI is InChI=1S/C19H24N2O2.C13H22N2O5/c1-13(6-4-3-5-7-14-8-9-14)18-19(22)21-17-12-15(23-2)10-11-16(17)20-18;1-13(2,3)9(14-12(18)19)10(16)15-7-5-6-8(15)11(17)20-4/h6,10-12,14H,3-5,7-9H2,1-2H3,(H,21,22);8-9,14H,5-7H2,1-4H3,(H,18,19)/b13-6+;. The van der Waals surface area contributed by atoms with Crippen molar-refractivity contribution < 1.29 is 29.0 Å². The number of rotatable bonds is 10. The van der Waals surface area contributed by atoms with E-state index in [2.05, 4.69) is 21.4 Å². The van der Waals surface area contributed by atoms with Gasteiger partial charge < -0.3 is 29.8 Å². The van der Waals surface area contributed by atoms with Crippen LogP contribution in [0.15, 0.2) is 29.1 Å². The molecule has 1 aromatic heterocycles. The first-order chi connectivity index (χ1) is 20.3. The smallest absolute Gasteiger partial charge is 0.405 e. The largest absolute Gasteiger partial charge is 0.497 e. The van der Waals surface area contributed by atoms with E-state index in [9.17, 15) is 19.2 Å². The van der Waals surface area contributed by atoms with Gasteiger partial charge in [0.05, 0.1) is 25.3 Å². The molecule has 3 N–H and O–H groups in total. The van der Waals surface area contributed by atoms with Crippen LogP contribution in [0.3, 0.4) is 0 Å². The minimum Gasteiger partial charge on any atom is -0.497 e. The zero-order valence-corrected chi connectivity index (χ0v) is 26.2. The van der Waals surface area contributed by atoms with Crippen molar-refractivity contribution in [1.29, 1.82) is 0 Å². The predicted octanol–water partition coefficient (Wildman–Crippen LogP) is 5.14. The molecular formula is C32H46N4O7. The van der Waals surface area contributed by atoms with Crippen LogP contribution in [0.4, 0.5) is 4.79 Å². The van der Waals surface area contributed by atoms with E-state index < -0.39 is 29.6 Å². The molecule has 2 unspecified atom stereocenters. The number of esters is 1. The fourth-order valence-corrected chi connectivity index (χ4v) is 5.21. The lowest BCUT2D eigenvalue weighted by molar-refractivity contribution is -0.152. The summed E-state index contributed by atoms with van der Waals surface area (Å²) in [5, 5.41) is 11.1. The molecule has 2 fully saturated rings.